The Morgan fingerprint density at radius 1 is 1.57 bits per heavy atom. The van der Waals surface area contributed by atoms with Crippen LogP contribution in [0, 0.1) is 5.92 Å². The van der Waals surface area contributed by atoms with Gasteiger partial charge in [-0.05, 0) is 6.92 Å². The zero-order chi connectivity index (χ0) is 15.7. The van der Waals surface area contributed by atoms with Crippen molar-refractivity contribution >= 4 is 41.5 Å². The van der Waals surface area contributed by atoms with Crippen molar-refractivity contribution in [1.29, 1.82) is 0 Å². The SMILES string of the molecule is CC(O)C1C(=O)N2C(C(=O)O)=C(SCCOC(N)=O)S[C@H]12. The third-order valence-electron chi connectivity index (χ3n) is 3.03. The minimum Gasteiger partial charge on any atom is -0.477 e. The maximum atomic E-state index is 11.9. The van der Waals surface area contributed by atoms with E-state index in [4.69, 9.17) is 5.73 Å². The molecule has 116 valence electrons. The smallest absolute Gasteiger partial charge is 0.404 e. The van der Waals surface area contributed by atoms with Gasteiger partial charge < -0.3 is 20.7 Å². The zero-order valence-electron chi connectivity index (χ0n) is 11.0. The molecule has 2 heterocycles. The number of carboxylic acids is 1. The highest BCUT2D eigenvalue weighted by atomic mass is 32.2. The number of thioether (sulfide) groups is 2. The maximum absolute atomic E-state index is 11.9. The Morgan fingerprint density at radius 3 is 2.76 bits per heavy atom. The number of carbonyl (C=O) groups excluding carboxylic acids is 2. The standard InChI is InChI=1S/C11H14N2O6S2/c1-4(14)5-7(15)13-6(9(16)17)10(21-8(5)13)20-3-2-19-11(12)18/h4-5,8,14H,2-3H2,1H3,(H2,12,18)(H,16,17)/t4?,5?,8-/m1/s1. The van der Waals surface area contributed by atoms with Gasteiger partial charge in [-0.2, -0.15) is 0 Å². The number of carboxylic acid groups (broad SMARTS) is 1. The molecule has 0 aromatic rings. The number of β-lactam (4-membered cyclic amide) rings is 1. The minimum absolute atomic E-state index is 0.0510. The molecule has 21 heavy (non-hydrogen) atoms. The fraction of sp³-hybridized carbons (Fsp3) is 0.545. The summed E-state index contributed by atoms with van der Waals surface area (Å²) in [6.07, 6.45) is -1.72. The Morgan fingerprint density at radius 2 is 2.24 bits per heavy atom. The predicted molar refractivity (Wildman–Crippen MR) is 76.1 cm³/mol. The molecular formula is C11H14N2O6S2. The normalized spacial score (nSPS) is 25.4. The monoisotopic (exact) mass is 334 g/mol. The van der Waals surface area contributed by atoms with E-state index in [-0.39, 0.29) is 23.6 Å². The van der Waals surface area contributed by atoms with E-state index in [0.717, 1.165) is 0 Å². The lowest BCUT2D eigenvalue weighted by molar-refractivity contribution is -0.156. The molecule has 0 radical (unpaired) electrons. The van der Waals surface area contributed by atoms with Crippen molar-refractivity contribution in [2.24, 2.45) is 11.7 Å². The maximum Gasteiger partial charge on any atom is 0.404 e. The van der Waals surface area contributed by atoms with Crippen molar-refractivity contribution in [3.8, 4) is 0 Å². The summed E-state index contributed by atoms with van der Waals surface area (Å²) >= 11 is 2.41. The zero-order valence-corrected chi connectivity index (χ0v) is 12.6. The number of fused-ring (bicyclic) bond motifs is 1. The highest BCUT2D eigenvalue weighted by Crippen LogP contribution is 2.53. The molecule has 1 fully saturated rings. The summed E-state index contributed by atoms with van der Waals surface area (Å²) in [5, 5.41) is 18.4. The highest BCUT2D eigenvalue weighted by molar-refractivity contribution is 8.22. The van der Waals surface area contributed by atoms with E-state index in [0.29, 0.717) is 9.99 Å². The fourth-order valence-corrected chi connectivity index (χ4v) is 4.94. The first-order valence-corrected chi connectivity index (χ1v) is 7.91. The third-order valence-corrected chi connectivity index (χ3v) is 5.65. The second kappa shape index (κ2) is 6.16. The Hall–Kier alpha value is -1.39. The molecule has 1 saturated heterocycles. The van der Waals surface area contributed by atoms with Gasteiger partial charge in [0.05, 0.1) is 16.3 Å². The average Bonchev–Trinajstić information content (AvgIpc) is 2.68. The molecule has 2 unspecified atom stereocenters. The topological polar surface area (TPSA) is 130 Å². The summed E-state index contributed by atoms with van der Waals surface area (Å²) in [4.78, 5) is 34.9. The number of rotatable bonds is 6. The molecule has 3 atom stereocenters. The molecule has 0 aromatic carbocycles. The summed E-state index contributed by atoms with van der Waals surface area (Å²) in [5.41, 5.74) is 4.75. The quantitative estimate of drug-likeness (QED) is 0.456. The van der Waals surface area contributed by atoms with Gasteiger partial charge in [-0.15, -0.1) is 11.8 Å². The number of carbonyl (C=O) groups is 3. The lowest BCUT2D eigenvalue weighted by Crippen LogP contribution is -2.60. The van der Waals surface area contributed by atoms with Crippen LogP contribution in [0.4, 0.5) is 4.79 Å². The molecular weight excluding hydrogens is 320 g/mol. The van der Waals surface area contributed by atoms with Crippen LogP contribution < -0.4 is 5.73 Å². The molecule has 8 nitrogen and oxygen atoms in total. The average molecular weight is 334 g/mol. The van der Waals surface area contributed by atoms with Gasteiger partial charge in [-0.1, -0.05) is 11.8 Å². The van der Waals surface area contributed by atoms with Crippen molar-refractivity contribution in [1.82, 2.24) is 4.90 Å². The summed E-state index contributed by atoms with van der Waals surface area (Å²) in [6, 6.07) is 0. The van der Waals surface area contributed by atoms with Gasteiger partial charge in [0.15, 0.2) is 5.70 Å². The first-order chi connectivity index (χ1) is 9.84. The van der Waals surface area contributed by atoms with Crippen LogP contribution in [-0.4, -0.2) is 56.9 Å². The Kier molecular flexibility index (Phi) is 4.69. The number of primary amides is 1. The van der Waals surface area contributed by atoms with E-state index in [1.54, 1.807) is 0 Å². The van der Waals surface area contributed by atoms with Crippen molar-refractivity contribution in [3.05, 3.63) is 9.93 Å². The van der Waals surface area contributed by atoms with Crippen LogP contribution in [0.2, 0.25) is 0 Å². The second-order valence-corrected chi connectivity index (χ2v) is 6.93. The molecule has 0 saturated carbocycles. The van der Waals surface area contributed by atoms with E-state index >= 15 is 0 Å². The number of nitrogens with two attached hydrogens (primary N) is 1. The van der Waals surface area contributed by atoms with Gasteiger partial charge in [-0.3, -0.25) is 9.69 Å². The summed E-state index contributed by atoms with van der Waals surface area (Å²) in [6.45, 7) is 1.56. The van der Waals surface area contributed by atoms with Gasteiger partial charge in [0.1, 0.15) is 12.0 Å². The largest absolute Gasteiger partial charge is 0.477 e. The minimum atomic E-state index is -1.19. The van der Waals surface area contributed by atoms with Crippen molar-refractivity contribution < 1.29 is 29.3 Å². The number of hydrogen-bond donors (Lipinski definition) is 3. The number of aliphatic hydroxyl groups excluding tert-OH is 1. The Balaban J connectivity index is 2.04. The van der Waals surface area contributed by atoms with Crippen LogP contribution in [0.5, 0.6) is 0 Å². The number of aliphatic carboxylic acids is 1. The van der Waals surface area contributed by atoms with E-state index < -0.39 is 24.1 Å². The molecule has 2 aliphatic heterocycles. The van der Waals surface area contributed by atoms with Crippen LogP contribution in [-0.2, 0) is 14.3 Å². The molecule has 2 aliphatic rings. The summed E-state index contributed by atoms with van der Waals surface area (Å²) < 4.78 is 5.03. The lowest BCUT2D eigenvalue weighted by atomic mass is 9.92. The highest BCUT2D eigenvalue weighted by Gasteiger charge is 2.57. The molecule has 0 bridgehead atoms. The number of amides is 2. The van der Waals surface area contributed by atoms with Crippen LogP contribution in [0.3, 0.4) is 0 Å². The predicted octanol–water partition coefficient (Wildman–Crippen LogP) is -0.0193. The van der Waals surface area contributed by atoms with Crippen LogP contribution in [0.15, 0.2) is 9.93 Å². The van der Waals surface area contributed by atoms with Crippen LogP contribution in [0.25, 0.3) is 0 Å². The number of ether oxygens (including phenoxy) is 1. The van der Waals surface area contributed by atoms with E-state index in [1.807, 2.05) is 0 Å². The molecule has 0 spiro atoms. The molecule has 10 heteroatoms. The van der Waals surface area contributed by atoms with Gasteiger partial charge in [0.2, 0.25) is 5.91 Å². The van der Waals surface area contributed by atoms with Crippen molar-refractivity contribution in [2.45, 2.75) is 18.4 Å². The number of hydrogen-bond acceptors (Lipinski definition) is 7. The number of nitrogens with zero attached hydrogens (tertiary/aromatic N) is 1. The van der Waals surface area contributed by atoms with E-state index in [9.17, 15) is 24.6 Å². The van der Waals surface area contributed by atoms with Gasteiger partial charge in [0, 0.05) is 5.75 Å². The lowest BCUT2D eigenvalue weighted by Gasteiger charge is -2.43. The van der Waals surface area contributed by atoms with E-state index in [2.05, 4.69) is 4.74 Å². The first-order valence-electron chi connectivity index (χ1n) is 6.05. The molecule has 0 aliphatic carbocycles. The molecule has 4 N–H and O–H groups in total. The van der Waals surface area contributed by atoms with Gasteiger partial charge >= 0.3 is 12.1 Å². The van der Waals surface area contributed by atoms with Crippen LogP contribution >= 0.6 is 23.5 Å². The Labute approximate surface area is 128 Å². The summed E-state index contributed by atoms with van der Waals surface area (Å²) in [7, 11) is 0. The van der Waals surface area contributed by atoms with Gasteiger partial charge in [-0.25, -0.2) is 9.59 Å². The molecule has 2 rings (SSSR count). The summed E-state index contributed by atoms with van der Waals surface area (Å²) in [5.74, 6) is -1.84. The van der Waals surface area contributed by atoms with Crippen molar-refractivity contribution in [3.63, 3.8) is 0 Å². The van der Waals surface area contributed by atoms with E-state index in [1.165, 1.54) is 35.3 Å². The van der Waals surface area contributed by atoms with Crippen molar-refractivity contribution in [2.75, 3.05) is 12.4 Å². The van der Waals surface area contributed by atoms with Crippen LogP contribution in [0.1, 0.15) is 6.92 Å². The van der Waals surface area contributed by atoms with Gasteiger partial charge in [0.25, 0.3) is 0 Å². The number of aliphatic hydroxyl groups is 1. The molecule has 0 aromatic heterocycles. The third kappa shape index (κ3) is 2.97. The fourth-order valence-electron chi connectivity index (χ4n) is 2.13. The Bertz CT molecular complexity index is 521. The first kappa shape index (κ1) is 16.0. The molecule has 2 amide bonds. The second-order valence-electron chi connectivity index (χ2n) is 4.44.